The van der Waals surface area contributed by atoms with Gasteiger partial charge in [-0.2, -0.15) is 0 Å². The van der Waals surface area contributed by atoms with E-state index >= 15 is 0 Å². The van der Waals surface area contributed by atoms with Crippen molar-refractivity contribution in [2.24, 2.45) is 0 Å². The van der Waals surface area contributed by atoms with Gasteiger partial charge in [0.15, 0.2) is 5.65 Å². The molecule has 2 N–H and O–H groups in total. The van der Waals surface area contributed by atoms with Crippen molar-refractivity contribution in [2.75, 3.05) is 30.4 Å². The molecule has 27 heavy (non-hydrogen) atoms. The monoisotopic (exact) mass is 384 g/mol. The lowest BCUT2D eigenvalue weighted by Crippen LogP contribution is -2.51. The van der Waals surface area contributed by atoms with E-state index in [-0.39, 0.29) is 10.4 Å². The van der Waals surface area contributed by atoms with Crippen molar-refractivity contribution in [3.8, 4) is 0 Å². The molecule has 2 aliphatic heterocycles. The normalized spacial score (nSPS) is 18.7. The van der Waals surface area contributed by atoms with Gasteiger partial charge in [-0.1, -0.05) is 18.2 Å². The van der Waals surface area contributed by atoms with Gasteiger partial charge in [0.2, 0.25) is 0 Å². The summed E-state index contributed by atoms with van der Waals surface area (Å²) < 4.78 is 32.8. The largest absolute Gasteiger partial charge is 0.381 e. The highest BCUT2D eigenvalue weighted by atomic mass is 32.2. The van der Waals surface area contributed by atoms with Crippen LogP contribution in [0.2, 0.25) is 0 Å². The van der Waals surface area contributed by atoms with Gasteiger partial charge in [0.25, 0.3) is 10.0 Å². The van der Waals surface area contributed by atoms with Crippen molar-refractivity contribution in [3.05, 3.63) is 48.8 Å². The first-order chi connectivity index (χ1) is 13.1. The molecule has 0 aliphatic carbocycles. The van der Waals surface area contributed by atoms with Gasteiger partial charge in [-0.3, -0.25) is 0 Å². The van der Waals surface area contributed by atoms with Crippen molar-refractivity contribution in [1.82, 2.24) is 8.96 Å². The van der Waals surface area contributed by atoms with Crippen LogP contribution >= 0.6 is 0 Å². The minimum Gasteiger partial charge on any atom is -0.381 e. The average molecular weight is 384 g/mol. The number of rotatable bonds is 2. The molecule has 0 amide bonds. The smallest absolute Gasteiger partial charge is 0.269 e. The van der Waals surface area contributed by atoms with Crippen molar-refractivity contribution >= 4 is 32.4 Å². The summed E-state index contributed by atoms with van der Waals surface area (Å²) in [6.07, 6.45) is 5.10. The molecule has 2 aliphatic rings. The molecular weight excluding hydrogens is 364 g/mol. The third-order valence-electron chi connectivity index (χ3n) is 5.44. The van der Waals surface area contributed by atoms with Gasteiger partial charge in [-0.15, -0.1) is 0 Å². The molecule has 7 nitrogen and oxygen atoms in total. The van der Waals surface area contributed by atoms with Crippen LogP contribution in [0.25, 0.3) is 11.0 Å². The fraction of sp³-hybridized carbons (Fsp3) is 0.316. The third kappa shape index (κ3) is 2.59. The lowest BCUT2D eigenvalue weighted by molar-refractivity contribution is 0.0635. The van der Waals surface area contributed by atoms with Crippen LogP contribution in [0.5, 0.6) is 0 Å². The molecule has 0 saturated carbocycles. The predicted molar refractivity (Wildman–Crippen MR) is 104 cm³/mol. The molecule has 3 aromatic rings. The van der Waals surface area contributed by atoms with Crippen LogP contribution in [-0.4, -0.2) is 42.7 Å². The lowest BCUT2D eigenvalue weighted by atomic mass is 9.87. The first-order valence-corrected chi connectivity index (χ1v) is 10.4. The highest BCUT2D eigenvalue weighted by molar-refractivity contribution is 7.90. The SMILES string of the molecule is O=S(=O)(c1ccccc1)n1ccc2c3c(cnc21)NCC1(CCOCC1)N3. The molecule has 0 unspecified atom stereocenters. The van der Waals surface area contributed by atoms with Crippen molar-refractivity contribution in [2.45, 2.75) is 23.3 Å². The Morgan fingerprint density at radius 2 is 1.89 bits per heavy atom. The number of fused-ring (bicyclic) bond motifs is 3. The van der Waals surface area contributed by atoms with Crippen LogP contribution < -0.4 is 10.6 Å². The minimum absolute atomic E-state index is 0.0695. The number of nitrogens with one attached hydrogen (secondary N) is 2. The summed E-state index contributed by atoms with van der Waals surface area (Å²) in [5.74, 6) is 0. The van der Waals surface area contributed by atoms with E-state index in [1.54, 1.807) is 42.7 Å². The van der Waals surface area contributed by atoms with Crippen molar-refractivity contribution < 1.29 is 13.2 Å². The van der Waals surface area contributed by atoms with E-state index in [1.807, 2.05) is 6.07 Å². The van der Waals surface area contributed by atoms with E-state index in [2.05, 4.69) is 15.6 Å². The number of hydrogen-bond acceptors (Lipinski definition) is 6. The zero-order valence-electron chi connectivity index (χ0n) is 14.7. The maximum atomic E-state index is 13.0. The zero-order chi connectivity index (χ0) is 18.5. The second-order valence-electron chi connectivity index (χ2n) is 7.09. The molecule has 8 heteroatoms. The predicted octanol–water partition coefficient (Wildman–Crippen LogP) is 2.66. The third-order valence-corrected chi connectivity index (χ3v) is 7.12. The van der Waals surface area contributed by atoms with E-state index in [4.69, 9.17) is 4.74 Å². The Balaban J connectivity index is 1.62. The van der Waals surface area contributed by atoms with Gasteiger partial charge in [0.05, 0.1) is 28.0 Å². The van der Waals surface area contributed by atoms with Gasteiger partial charge >= 0.3 is 0 Å². The van der Waals surface area contributed by atoms with Crippen LogP contribution in [0.4, 0.5) is 11.4 Å². The van der Waals surface area contributed by atoms with Crippen LogP contribution in [-0.2, 0) is 14.8 Å². The van der Waals surface area contributed by atoms with Crippen molar-refractivity contribution in [3.63, 3.8) is 0 Å². The Kier molecular flexibility index (Phi) is 3.66. The molecule has 4 heterocycles. The molecule has 1 spiro atoms. The summed E-state index contributed by atoms with van der Waals surface area (Å²) in [4.78, 5) is 4.68. The average Bonchev–Trinajstić information content (AvgIpc) is 3.15. The number of hydrogen-bond donors (Lipinski definition) is 2. The van der Waals surface area contributed by atoms with E-state index < -0.39 is 10.0 Å². The van der Waals surface area contributed by atoms with E-state index in [0.29, 0.717) is 5.65 Å². The highest BCUT2D eigenvalue weighted by Gasteiger charge is 2.37. The fourth-order valence-electron chi connectivity index (χ4n) is 3.87. The molecule has 1 saturated heterocycles. The number of aromatic nitrogens is 2. The molecule has 1 fully saturated rings. The molecule has 140 valence electrons. The molecule has 0 atom stereocenters. The highest BCUT2D eigenvalue weighted by Crippen LogP contribution is 2.39. The van der Waals surface area contributed by atoms with Gasteiger partial charge in [0.1, 0.15) is 0 Å². The lowest BCUT2D eigenvalue weighted by Gasteiger charge is -2.43. The fourth-order valence-corrected chi connectivity index (χ4v) is 5.19. The number of ether oxygens (including phenoxy) is 1. The van der Waals surface area contributed by atoms with Crippen molar-refractivity contribution in [1.29, 1.82) is 0 Å². The minimum atomic E-state index is -3.70. The topological polar surface area (TPSA) is 85.2 Å². The molecule has 5 rings (SSSR count). The summed E-state index contributed by atoms with van der Waals surface area (Å²) in [6, 6.07) is 10.2. The summed E-state index contributed by atoms with van der Waals surface area (Å²) in [6.45, 7) is 2.25. The molecule has 0 radical (unpaired) electrons. The van der Waals surface area contributed by atoms with Gasteiger partial charge in [0, 0.05) is 31.3 Å². The number of benzene rings is 1. The van der Waals surface area contributed by atoms with Crippen LogP contribution in [0.1, 0.15) is 12.8 Å². The Hall–Kier alpha value is -2.58. The standard InChI is InChI=1S/C19H20N4O3S/c24-27(25,14-4-2-1-3-5-14)23-9-6-15-17-16(12-20-18(15)23)21-13-19(22-17)7-10-26-11-8-19/h1-6,9,12,21-22H,7-8,10-11,13H2. The van der Waals surface area contributed by atoms with Gasteiger partial charge < -0.3 is 15.4 Å². The van der Waals surface area contributed by atoms with Crippen LogP contribution in [0, 0.1) is 0 Å². The van der Waals surface area contributed by atoms with E-state index in [1.165, 1.54) is 3.97 Å². The number of pyridine rings is 1. The zero-order valence-corrected chi connectivity index (χ0v) is 15.5. The second kappa shape index (κ2) is 5.97. The molecule has 1 aromatic carbocycles. The molecular formula is C19H20N4O3S. The van der Waals surface area contributed by atoms with Crippen LogP contribution in [0.3, 0.4) is 0 Å². The van der Waals surface area contributed by atoms with Gasteiger partial charge in [-0.05, 0) is 31.0 Å². The van der Waals surface area contributed by atoms with E-state index in [0.717, 1.165) is 49.4 Å². The van der Waals surface area contributed by atoms with Crippen LogP contribution in [0.15, 0.2) is 53.7 Å². The number of anilines is 2. The molecule has 2 aromatic heterocycles. The van der Waals surface area contributed by atoms with Gasteiger partial charge in [-0.25, -0.2) is 17.4 Å². The Bertz CT molecular complexity index is 1100. The second-order valence-corrected chi connectivity index (χ2v) is 8.90. The Morgan fingerprint density at radius 3 is 2.67 bits per heavy atom. The summed E-state index contributed by atoms with van der Waals surface area (Å²) in [7, 11) is -3.70. The maximum absolute atomic E-state index is 13.0. The Labute approximate surface area is 157 Å². The first kappa shape index (κ1) is 16.6. The summed E-state index contributed by atoms with van der Waals surface area (Å²) in [5.41, 5.74) is 2.17. The Morgan fingerprint density at radius 1 is 1.11 bits per heavy atom. The first-order valence-electron chi connectivity index (χ1n) is 9.00. The van der Waals surface area contributed by atoms with E-state index in [9.17, 15) is 8.42 Å². The molecule has 0 bridgehead atoms. The quantitative estimate of drug-likeness (QED) is 0.707. The number of nitrogens with zero attached hydrogens (tertiary/aromatic N) is 2. The summed E-state index contributed by atoms with van der Waals surface area (Å²) >= 11 is 0. The summed E-state index contributed by atoms with van der Waals surface area (Å²) in [5, 5.41) is 7.92. The maximum Gasteiger partial charge on any atom is 0.269 e.